The van der Waals surface area contributed by atoms with Crippen LogP contribution >= 0.6 is 11.8 Å². The number of aliphatic carboxylic acids is 1. The quantitative estimate of drug-likeness (QED) is 0.707. The smallest absolute Gasteiger partial charge is 0.303 e. The summed E-state index contributed by atoms with van der Waals surface area (Å²) in [5, 5.41) is 20.0. The van der Waals surface area contributed by atoms with Crippen LogP contribution in [0.25, 0.3) is 5.69 Å². The second-order valence-electron chi connectivity index (χ2n) is 5.61. The Labute approximate surface area is 144 Å². The predicted molar refractivity (Wildman–Crippen MR) is 91.2 cm³/mol. The van der Waals surface area contributed by atoms with Crippen LogP contribution in [0.1, 0.15) is 18.9 Å². The van der Waals surface area contributed by atoms with Crippen LogP contribution < -0.4 is 5.32 Å². The van der Waals surface area contributed by atoms with Gasteiger partial charge in [-0.05, 0) is 25.0 Å². The number of hydrogen-bond acceptors (Lipinski definition) is 5. The third kappa shape index (κ3) is 5.38. The number of nitrogens with zero attached hydrogens (tertiary/aromatic N) is 3. The van der Waals surface area contributed by atoms with E-state index in [2.05, 4.69) is 15.5 Å². The van der Waals surface area contributed by atoms with Gasteiger partial charge in [-0.15, -0.1) is 10.2 Å². The van der Waals surface area contributed by atoms with Gasteiger partial charge in [-0.25, -0.2) is 0 Å². The summed E-state index contributed by atoms with van der Waals surface area (Å²) >= 11 is 1.29. The number of aryl methyl sites for hydroxylation is 1. The van der Waals surface area contributed by atoms with Crippen molar-refractivity contribution < 1.29 is 14.7 Å². The van der Waals surface area contributed by atoms with Crippen LogP contribution in [0.5, 0.6) is 0 Å². The monoisotopic (exact) mass is 348 g/mol. The topological polar surface area (TPSA) is 97.1 Å². The van der Waals surface area contributed by atoms with Crippen molar-refractivity contribution in [3.63, 3.8) is 0 Å². The van der Waals surface area contributed by atoms with E-state index in [1.165, 1.54) is 11.8 Å². The lowest BCUT2D eigenvalue weighted by Crippen LogP contribution is -2.30. The maximum atomic E-state index is 11.9. The number of rotatable bonds is 8. The molecule has 1 heterocycles. The summed E-state index contributed by atoms with van der Waals surface area (Å²) in [6.45, 7) is 4.15. The number of carboxylic acids is 1. The molecule has 1 aromatic heterocycles. The Balaban J connectivity index is 1.87. The molecule has 1 unspecified atom stereocenters. The second kappa shape index (κ2) is 8.49. The van der Waals surface area contributed by atoms with E-state index in [4.69, 9.17) is 5.11 Å². The Hall–Kier alpha value is -2.35. The van der Waals surface area contributed by atoms with Gasteiger partial charge >= 0.3 is 5.97 Å². The number of amides is 1. The van der Waals surface area contributed by atoms with E-state index in [0.29, 0.717) is 11.7 Å². The van der Waals surface area contributed by atoms with Gasteiger partial charge in [-0.2, -0.15) is 0 Å². The number of nitrogens with one attached hydrogen (secondary N) is 1. The van der Waals surface area contributed by atoms with E-state index in [1.54, 1.807) is 13.3 Å². The molecule has 2 aromatic rings. The van der Waals surface area contributed by atoms with Gasteiger partial charge in [-0.3, -0.25) is 14.2 Å². The molecule has 2 rings (SSSR count). The van der Waals surface area contributed by atoms with Gasteiger partial charge in [0, 0.05) is 18.7 Å². The van der Waals surface area contributed by atoms with Gasteiger partial charge in [0.2, 0.25) is 5.91 Å². The largest absolute Gasteiger partial charge is 0.481 e. The van der Waals surface area contributed by atoms with Crippen molar-refractivity contribution in [2.75, 3.05) is 12.3 Å². The second-order valence-corrected chi connectivity index (χ2v) is 6.56. The Morgan fingerprint density at radius 1 is 1.33 bits per heavy atom. The molecule has 128 valence electrons. The van der Waals surface area contributed by atoms with E-state index in [9.17, 15) is 9.59 Å². The van der Waals surface area contributed by atoms with Crippen molar-refractivity contribution in [3.8, 4) is 5.69 Å². The van der Waals surface area contributed by atoms with E-state index in [-0.39, 0.29) is 24.0 Å². The molecular weight excluding hydrogens is 328 g/mol. The standard InChI is InChI=1S/C16H20N4O3S/c1-11-3-5-13(6-4-11)20-10-18-19-16(20)24-9-14(21)17-8-12(2)7-15(22)23/h3-6,10,12H,7-9H2,1-2H3,(H,17,21)(H,22,23). The van der Waals surface area contributed by atoms with Gasteiger partial charge in [0.05, 0.1) is 5.75 Å². The van der Waals surface area contributed by atoms with Gasteiger partial charge in [-0.1, -0.05) is 36.4 Å². The molecule has 7 nitrogen and oxygen atoms in total. The van der Waals surface area contributed by atoms with Crippen molar-refractivity contribution in [1.29, 1.82) is 0 Å². The van der Waals surface area contributed by atoms with Crippen molar-refractivity contribution >= 4 is 23.6 Å². The average molecular weight is 348 g/mol. The molecule has 1 aromatic carbocycles. The molecule has 0 fully saturated rings. The molecule has 1 amide bonds. The fourth-order valence-electron chi connectivity index (χ4n) is 2.04. The fraction of sp³-hybridized carbons (Fsp3) is 0.375. The Kier molecular flexibility index (Phi) is 6.36. The number of carboxylic acid groups (broad SMARTS) is 1. The highest BCUT2D eigenvalue weighted by Crippen LogP contribution is 2.19. The minimum Gasteiger partial charge on any atom is -0.481 e. The van der Waals surface area contributed by atoms with Crippen LogP contribution in [0.15, 0.2) is 35.7 Å². The molecule has 0 spiro atoms. The lowest BCUT2D eigenvalue weighted by Gasteiger charge is -2.10. The summed E-state index contributed by atoms with van der Waals surface area (Å²) in [4.78, 5) is 22.5. The summed E-state index contributed by atoms with van der Waals surface area (Å²) in [6.07, 6.45) is 1.65. The molecule has 0 aliphatic carbocycles. The number of carbonyl (C=O) groups is 2. The van der Waals surface area contributed by atoms with Crippen LogP contribution in [0.2, 0.25) is 0 Å². The molecule has 0 saturated carbocycles. The fourth-order valence-corrected chi connectivity index (χ4v) is 2.80. The summed E-state index contributed by atoms with van der Waals surface area (Å²) in [5.74, 6) is -0.926. The molecule has 0 aliphatic rings. The highest BCUT2D eigenvalue weighted by molar-refractivity contribution is 7.99. The zero-order valence-electron chi connectivity index (χ0n) is 13.6. The minimum absolute atomic E-state index is 0.0369. The van der Waals surface area contributed by atoms with E-state index in [0.717, 1.165) is 11.3 Å². The van der Waals surface area contributed by atoms with E-state index < -0.39 is 5.97 Å². The van der Waals surface area contributed by atoms with Crippen LogP contribution in [0.3, 0.4) is 0 Å². The van der Waals surface area contributed by atoms with Gasteiger partial charge in [0.1, 0.15) is 6.33 Å². The third-order valence-corrected chi connectivity index (χ3v) is 4.27. The third-order valence-electron chi connectivity index (χ3n) is 3.33. The number of hydrogen-bond donors (Lipinski definition) is 2. The van der Waals surface area contributed by atoms with Gasteiger partial charge in [0.25, 0.3) is 0 Å². The first kappa shape index (κ1) is 18.0. The molecule has 0 bridgehead atoms. The molecule has 0 radical (unpaired) electrons. The SMILES string of the molecule is Cc1ccc(-n2cnnc2SCC(=O)NCC(C)CC(=O)O)cc1. The molecule has 2 N–H and O–H groups in total. The highest BCUT2D eigenvalue weighted by atomic mass is 32.2. The van der Waals surface area contributed by atoms with Crippen molar-refractivity contribution in [3.05, 3.63) is 36.2 Å². The number of aromatic nitrogens is 3. The summed E-state index contributed by atoms with van der Waals surface area (Å²) < 4.78 is 1.82. The first-order chi connectivity index (χ1) is 11.5. The normalized spacial score (nSPS) is 11.9. The van der Waals surface area contributed by atoms with Gasteiger partial charge in [0.15, 0.2) is 5.16 Å². The van der Waals surface area contributed by atoms with Crippen LogP contribution in [0.4, 0.5) is 0 Å². The van der Waals surface area contributed by atoms with Crippen molar-refractivity contribution in [2.24, 2.45) is 5.92 Å². The number of benzene rings is 1. The van der Waals surface area contributed by atoms with Gasteiger partial charge < -0.3 is 10.4 Å². The Bertz CT molecular complexity index is 700. The van der Waals surface area contributed by atoms with E-state index in [1.807, 2.05) is 35.8 Å². The highest BCUT2D eigenvalue weighted by Gasteiger charge is 2.12. The van der Waals surface area contributed by atoms with E-state index >= 15 is 0 Å². The predicted octanol–water partition coefficient (Wildman–Crippen LogP) is 1.89. The molecule has 1 atom stereocenters. The van der Waals surface area contributed by atoms with Crippen LogP contribution in [-0.2, 0) is 9.59 Å². The molecular formula is C16H20N4O3S. The first-order valence-corrected chi connectivity index (χ1v) is 8.52. The average Bonchev–Trinajstić information content (AvgIpc) is 2.99. The summed E-state index contributed by atoms with van der Waals surface area (Å²) in [7, 11) is 0. The summed E-state index contributed by atoms with van der Waals surface area (Å²) in [6, 6.07) is 7.94. The molecule has 0 aliphatic heterocycles. The molecule has 0 saturated heterocycles. The zero-order valence-corrected chi connectivity index (χ0v) is 14.4. The summed E-state index contributed by atoms with van der Waals surface area (Å²) in [5.41, 5.74) is 2.10. The Morgan fingerprint density at radius 3 is 2.71 bits per heavy atom. The number of thioether (sulfide) groups is 1. The number of carbonyl (C=O) groups excluding carboxylic acids is 1. The maximum absolute atomic E-state index is 11.9. The molecule has 8 heteroatoms. The van der Waals surface area contributed by atoms with Crippen molar-refractivity contribution in [1.82, 2.24) is 20.1 Å². The van der Waals surface area contributed by atoms with Crippen LogP contribution in [-0.4, -0.2) is 44.0 Å². The van der Waals surface area contributed by atoms with Crippen LogP contribution in [0, 0.1) is 12.8 Å². The zero-order chi connectivity index (χ0) is 17.5. The minimum atomic E-state index is -0.864. The Morgan fingerprint density at radius 2 is 2.04 bits per heavy atom. The lowest BCUT2D eigenvalue weighted by atomic mass is 10.1. The molecule has 24 heavy (non-hydrogen) atoms. The lowest BCUT2D eigenvalue weighted by molar-refractivity contribution is -0.138. The van der Waals surface area contributed by atoms with Crippen molar-refractivity contribution in [2.45, 2.75) is 25.4 Å². The maximum Gasteiger partial charge on any atom is 0.303 e. The first-order valence-electron chi connectivity index (χ1n) is 7.54.